The van der Waals surface area contributed by atoms with Crippen LogP contribution in [0, 0.1) is 24.2 Å². The highest BCUT2D eigenvalue weighted by Gasteiger charge is 2.41. The van der Waals surface area contributed by atoms with Gasteiger partial charge in [0.1, 0.15) is 18.0 Å². The first-order valence-electron chi connectivity index (χ1n) is 10.9. The van der Waals surface area contributed by atoms with Crippen molar-refractivity contribution < 1.29 is 9.53 Å². The van der Waals surface area contributed by atoms with Gasteiger partial charge in [0.15, 0.2) is 0 Å². The number of nitrogens with zero attached hydrogens (tertiary/aromatic N) is 5. The Bertz CT molecular complexity index is 1210. The molecule has 4 rings (SSSR count). The number of hydrogen-bond acceptors (Lipinski definition) is 6. The molecule has 174 valence electrons. The lowest BCUT2D eigenvalue weighted by Crippen LogP contribution is -2.33. The normalized spacial score (nSPS) is 18.4. The number of carbonyl (C=O) groups excluding carboxylic acids is 1. The number of aromatic nitrogens is 3. The lowest BCUT2D eigenvalue weighted by atomic mass is 9.84. The van der Waals surface area contributed by atoms with Crippen LogP contribution >= 0.6 is 23.2 Å². The average Bonchev–Trinajstić information content (AvgIpc) is 3.30. The van der Waals surface area contributed by atoms with Gasteiger partial charge in [-0.3, -0.25) is 4.79 Å². The number of ether oxygens (including phenoxy) is 1. The lowest BCUT2D eigenvalue weighted by molar-refractivity contribution is 0.0759. The summed E-state index contributed by atoms with van der Waals surface area (Å²) < 4.78 is 6.26. The van der Waals surface area contributed by atoms with Crippen LogP contribution in [0.4, 0.5) is 0 Å². The van der Waals surface area contributed by atoms with Gasteiger partial charge >= 0.3 is 0 Å². The molecule has 1 aliphatic rings. The first-order chi connectivity index (χ1) is 16.4. The van der Waals surface area contributed by atoms with Gasteiger partial charge in [-0.2, -0.15) is 5.26 Å². The summed E-state index contributed by atoms with van der Waals surface area (Å²) in [6.45, 7) is 4.81. The summed E-state index contributed by atoms with van der Waals surface area (Å²) in [5.74, 6) is 0.886. The van der Waals surface area contributed by atoms with Gasteiger partial charge in [0.2, 0.25) is 5.88 Å². The zero-order valence-corrected chi connectivity index (χ0v) is 20.3. The number of pyridine rings is 1. The molecule has 9 heteroatoms. The van der Waals surface area contributed by atoms with Crippen molar-refractivity contribution >= 4 is 29.1 Å². The predicted octanol–water partition coefficient (Wildman–Crippen LogP) is 5.07. The second-order valence-corrected chi connectivity index (χ2v) is 9.05. The van der Waals surface area contributed by atoms with Crippen molar-refractivity contribution in [3.8, 4) is 11.9 Å². The summed E-state index contributed by atoms with van der Waals surface area (Å²) in [4.78, 5) is 27.7. The first kappa shape index (κ1) is 23.9. The van der Waals surface area contributed by atoms with Crippen LogP contribution in [0.1, 0.15) is 46.6 Å². The maximum atomic E-state index is 13.3. The summed E-state index contributed by atoms with van der Waals surface area (Å²) >= 11 is 12.5. The van der Waals surface area contributed by atoms with E-state index in [9.17, 15) is 4.79 Å². The van der Waals surface area contributed by atoms with Crippen molar-refractivity contribution in [3.05, 3.63) is 81.5 Å². The molecule has 1 saturated heterocycles. The monoisotopic (exact) mass is 495 g/mol. The Morgan fingerprint density at radius 2 is 1.91 bits per heavy atom. The number of carbonyl (C=O) groups is 1. The van der Waals surface area contributed by atoms with Crippen LogP contribution in [0.2, 0.25) is 10.0 Å². The third-order valence-corrected chi connectivity index (χ3v) is 6.81. The van der Waals surface area contributed by atoms with E-state index in [0.29, 0.717) is 52.4 Å². The molecule has 0 radical (unpaired) electrons. The second-order valence-electron chi connectivity index (χ2n) is 8.23. The number of amides is 1. The van der Waals surface area contributed by atoms with E-state index >= 15 is 0 Å². The van der Waals surface area contributed by atoms with Gasteiger partial charge in [-0.25, -0.2) is 15.0 Å². The molecule has 3 atom stereocenters. The third kappa shape index (κ3) is 5.14. The zero-order chi connectivity index (χ0) is 24.2. The Morgan fingerprint density at radius 3 is 2.53 bits per heavy atom. The molecule has 0 bridgehead atoms. The number of likely N-dealkylation sites (tertiary alicyclic amines) is 1. The predicted molar refractivity (Wildman–Crippen MR) is 129 cm³/mol. The van der Waals surface area contributed by atoms with E-state index in [1.807, 2.05) is 24.0 Å². The third-order valence-electron chi connectivity index (χ3n) is 6.07. The van der Waals surface area contributed by atoms with Gasteiger partial charge in [0.05, 0.1) is 21.2 Å². The molecule has 1 aliphatic heterocycles. The number of halogens is 2. The highest BCUT2D eigenvalue weighted by molar-refractivity contribution is 6.42. The maximum absolute atomic E-state index is 13.3. The Hall–Kier alpha value is -3.21. The van der Waals surface area contributed by atoms with Crippen LogP contribution in [-0.4, -0.2) is 45.0 Å². The summed E-state index contributed by atoms with van der Waals surface area (Å²) in [5.41, 5.74) is 1.90. The number of benzene rings is 1. The van der Waals surface area contributed by atoms with Gasteiger partial charge in [-0.15, -0.1) is 0 Å². The average molecular weight is 496 g/mol. The topological polar surface area (TPSA) is 92.0 Å². The number of rotatable bonds is 6. The standard InChI is InChI=1S/C25H23Cl2N5O2/c1-3-23(34-24-7-4-16(9-28)10-31-24)20-14-32(25(33)18-11-29-15(2)30-12-18)13-19(20)17-5-6-21(26)22(27)8-17/h4-8,10-12,19-20,23H,3,13-14H2,1-2H3/t19-,20?,23+/m1/s1. The minimum atomic E-state index is -0.216. The van der Waals surface area contributed by atoms with Crippen LogP contribution in [0.3, 0.4) is 0 Å². The summed E-state index contributed by atoms with van der Waals surface area (Å²) in [7, 11) is 0. The van der Waals surface area contributed by atoms with Crippen LogP contribution in [0.15, 0.2) is 48.9 Å². The van der Waals surface area contributed by atoms with E-state index in [1.54, 1.807) is 37.5 Å². The van der Waals surface area contributed by atoms with Crippen molar-refractivity contribution in [2.24, 2.45) is 5.92 Å². The van der Waals surface area contributed by atoms with E-state index in [0.717, 1.165) is 5.56 Å². The van der Waals surface area contributed by atoms with Gasteiger partial charge in [-0.05, 0) is 37.1 Å². The molecular weight excluding hydrogens is 473 g/mol. The van der Waals surface area contributed by atoms with E-state index in [-0.39, 0.29) is 23.8 Å². The van der Waals surface area contributed by atoms with Gasteiger partial charge in [0.25, 0.3) is 5.91 Å². The molecule has 0 saturated carbocycles. The van der Waals surface area contributed by atoms with Crippen molar-refractivity contribution in [2.45, 2.75) is 32.3 Å². The Labute approximate surface area is 208 Å². The minimum Gasteiger partial charge on any atom is -0.474 e. The largest absolute Gasteiger partial charge is 0.474 e. The molecule has 2 aromatic heterocycles. The second kappa shape index (κ2) is 10.4. The van der Waals surface area contributed by atoms with Crippen LogP contribution < -0.4 is 4.74 Å². The molecular formula is C25H23Cl2N5O2. The molecule has 7 nitrogen and oxygen atoms in total. The summed E-state index contributed by atoms with van der Waals surface area (Å²) in [6.07, 6.45) is 5.09. The molecule has 3 aromatic rings. The summed E-state index contributed by atoms with van der Waals surface area (Å²) in [6, 6.07) is 11.0. The summed E-state index contributed by atoms with van der Waals surface area (Å²) in [5, 5.41) is 9.98. The molecule has 1 fully saturated rings. The van der Waals surface area contributed by atoms with Crippen LogP contribution in [-0.2, 0) is 0 Å². The van der Waals surface area contributed by atoms with Gasteiger partial charge in [0, 0.05) is 49.6 Å². The fourth-order valence-corrected chi connectivity index (χ4v) is 4.60. The smallest absolute Gasteiger partial charge is 0.257 e. The van der Waals surface area contributed by atoms with Crippen LogP contribution in [0.5, 0.6) is 5.88 Å². The Balaban J connectivity index is 1.63. The molecule has 1 aromatic carbocycles. The van der Waals surface area contributed by atoms with E-state index in [1.165, 1.54) is 6.20 Å². The van der Waals surface area contributed by atoms with E-state index in [2.05, 4.69) is 21.0 Å². The van der Waals surface area contributed by atoms with Gasteiger partial charge in [-0.1, -0.05) is 36.2 Å². The van der Waals surface area contributed by atoms with Crippen molar-refractivity contribution in [3.63, 3.8) is 0 Å². The molecule has 34 heavy (non-hydrogen) atoms. The number of aryl methyl sites for hydroxylation is 1. The van der Waals surface area contributed by atoms with Crippen molar-refractivity contribution in [2.75, 3.05) is 13.1 Å². The molecule has 1 amide bonds. The number of nitriles is 1. The molecule has 0 N–H and O–H groups in total. The molecule has 0 spiro atoms. The molecule has 0 aliphatic carbocycles. The fourth-order valence-electron chi connectivity index (χ4n) is 4.30. The zero-order valence-electron chi connectivity index (χ0n) is 18.8. The maximum Gasteiger partial charge on any atom is 0.257 e. The molecule has 1 unspecified atom stereocenters. The Kier molecular flexibility index (Phi) is 7.30. The van der Waals surface area contributed by atoms with Crippen LogP contribution in [0.25, 0.3) is 0 Å². The highest BCUT2D eigenvalue weighted by Crippen LogP contribution is 2.39. The van der Waals surface area contributed by atoms with Crippen molar-refractivity contribution in [1.29, 1.82) is 5.26 Å². The SMILES string of the molecule is CC[C@H](Oc1ccc(C#N)cn1)C1CN(C(=O)c2cnc(C)nc2)C[C@@H]1c1ccc(Cl)c(Cl)c1. The van der Waals surface area contributed by atoms with Crippen molar-refractivity contribution in [1.82, 2.24) is 19.9 Å². The van der Waals surface area contributed by atoms with E-state index < -0.39 is 0 Å². The number of hydrogen-bond donors (Lipinski definition) is 0. The quantitative estimate of drug-likeness (QED) is 0.473. The fraction of sp³-hybridized carbons (Fsp3) is 0.320. The molecule has 3 heterocycles. The van der Waals surface area contributed by atoms with Gasteiger partial charge < -0.3 is 9.64 Å². The van der Waals surface area contributed by atoms with E-state index in [4.69, 9.17) is 33.2 Å². The minimum absolute atomic E-state index is 0.0185. The lowest BCUT2D eigenvalue weighted by Gasteiger charge is -2.27. The first-order valence-corrected chi connectivity index (χ1v) is 11.7. The highest BCUT2D eigenvalue weighted by atomic mass is 35.5. The Morgan fingerprint density at radius 1 is 1.15 bits per heavy atom.